The van der Waals surface area contributed by atoms with Crippen molar-refractivity contribution in [3.63, 3.8) is 0 Å². The first-order valence-electron chi connectivity index (χ1n) is 7.53. The van der Waals surface area contributed by atoms with Gasteiger partial charge in [0.1, 0.15) is 5.75 Å². The minimum Gasteiger partial charge on any atom is -0.494 e. The number of aromatic nitrogens is 1. The lowest BCUT2D eigenvalue weighted by Crippen LogP contribution is -2.04. The topological polar surface area (TPSA) is 63.8 Å². The number of rotatable bonds is 6. The van der Waals surface area contributed by atoms with E-state index < -0.39 is 0 Å². The van der Waals surface area contributed by atoms with Gasteiger partial charge in [0.15, 0.2) is 5.69 Å². The number of hydrogen-bond donors (Lipinski definition) is 1. The zero-order valence-electron chi connectivity index (χ0n) is 12.9. The average Bonchev–Trinajstić information content (AvgIpc) is 2.84. The highest BCUT2D eigenvalue weighted by Crippen LogP contribution is 2.38. The van der Waals surface area contributed by atoms with Crippen LogP contribution in [0.25, 0.3) is 10.9 Å². The largest absolute Gasteiger partial charge is 0.494 e. The van der Waals surface area contributed by atoms with Crippen LogP contribution in [0, 0.1) is 11.8 Å². The summed E-state index contributed by atoms with van der Waals surface area (Å²) in [4.78, 5) is 10.9. The molecule has 0 unspecified atom stereocenters. The molecule has 3 aromatic rings. The van der Waals surface area contributed by atoms with E-state index in [0.717, 1.165) is 11.3 Å². The molecule has 1 aromatic heterocycles. The number of aromatic hydroxyl groups is 1. The monoisotopic (exact) mass is 310 g/mol. The second-order valence-corrected chi connectivity index (χ2v) is 5.45. The Hall–Kier alpha value is -2.82. The maximum Gasteiger partial charge on any atom is 0.222 e. The van der Waals surface area contributed by atoms with Crippen molar-refractivity contribution in [2.45, 2.75) is 19.9 Å². The Balaban J connectivity index is 1.69. The summed E-state index contributed by atoms with van der Waals surface area (Å²) in [5.74, 6) is 0.740. The highest BCUT2D eigenvalue weighted by molar-refractivity contribution is 5.94. The van der Waals surface area contributed by atoms with Crippen LogP contribution in [0.1, 0.15) is 12.0 Å². The minimum absolute atomic E-state index is 0.0865. The van der Waals surface area contributed by atoms with Gasteiger partial charge >= 0.3 is 0 Å². The molecular formula is C18H18N2O3. The zero-order chi connectivity index (χ0) is 16.2. The van der Waals surface area contributed by atoms with E-state index in [2.05, 4.69) is 5.18 Å². The predicted octanol–water partition coefficient (Wildman–Crippen LogP) is 4.52. The Labute approximate surface area is 134 Å². The molecule has 0 atom stereocenters. The molecule has 1 N–H and O–H groups in total. The molecule has 0 saturated carbocycles. The van der Waals surface area contributed by atoms with E-state index in [1.165, 1.54) is 5.56 Å². The number of nitrogens with zero attached hydrogens (tertiary/aromatic N) is 2. The molecule has 23 heavy (non-hydrogen) atoms. The molecule has 0 spiro atoms. The van der Waals surface area contributed by atoms with Crippen LogP contribution in [-0.4, -0.2) is 16.3 Å². The highest BCUT2D eigenvalue weighted by atomic mass is 16.5. The van der Waals surface area contributed by atoms with E-state index >= 15 is 0 Å². The van der Waals surface area contributed by atoms with Gasteiger partial charge in [-0.1, -0.05) is 35.9 Å². The number of hydrogen-bond acceptors (Lipinski definition) is 4. The van der Waals surface area contributed by atoms with Crippen molar-refractivity contribution in [2.75, 3.05) is 6.61 Å². The van der Waals surface area contributed by atoms with Gasteiger partial charge in [0.2, 0.25) is 5.88 Å². The standard InChI is InChI=1S/C18H18N2O3/c1-13-7-9-14(10-8-13)23-12-4-11-20-16-6-3-2-5-15(16)17(19-22)18(20)21/h2-3,5-10,21H,4,11-12H2,1H3. The molecule has 0 saturated heterocycles. The first-order chi connectivity index (χ1) is 11.2. The molecule has 118 valence electrons. The summed E-state index contributed by atoms with van der Waals surface area (Å²) in [6.07, 6.45) is 0.707. The number of aryl methyl sites for hydroxylation is 2. The number of para-hydroxylation sites is 1. The van der Waals surface area contributed by atoms with Gasteiger partial charge in [-0.15, -0.1) is 4.91 Å². The van der Waals surface area contributed by atoms with Crippen LogP contribution in [0.5, 0.6) is 11.6 Å². The third-order valence-corrected chi connectivity index (χ3v) is 3.82. The van der Waals surface area contributed by atoms with Gasteiger partial charge < -0.3 is 14.4 Å². The Morgan fingerprint density at radius 1 is 1.13 bits per heavy atom. The molecule has 5 nitrogen and oxygen atoms in total. The SMILES string of the molecule is Cc1ccc(OCCCn2c(O)c(N=O)c3ccccc32)cc1. The molecular weight excluding hydrogens is 292 g/mol. The molecule has 0 aliphatic rings. The van der Waals surface area contributed by atoms with Gasteiger partial charge in [-0.25, -0.2) is 0 Å². The molecule has 0 bridgehead atoms. The van der Waals surface area contributed by atoms with Crippen molar-refractivity contribution in [1.29, 1.82) is 0 Å². The predicted molar refractivity (Wildman–Crippen MR) is 90.3 cm³/mol. The second-order valence-electron chi connectivity index (χ2n) is 5.45. The molecule has 0 aliphatic carbocycles. The van der Waals surface area contributed by atoms with Gasteiger partial charge in [0.05, 0.1) is 12.1 Å². The van der Waals surface area contributed by atoms with Crippen molar-refractivity contribution in [3.8, 4) is 11.6 Å². The molecule has 1 heterocycles. The number of benzene rings is 2. The average molecular weight is 310 g/mol. The number of fused-ring (bicyclic) bond motifs is 1. The highest BCUT2D eigenvalue weighted by Gasteiger charge is 2.16. The molecule has 0 fully saturated rings. The van der Waals surface area contributed by atoms with Gasteiger partial charge in [-0.05, 0) is 36.7 Å². The molecule has 0 aliphatic heterocycles. The third kappa shape index (κ3) is 3.04. The van der Waals surface area contributed by atoms with Crippen LogP contribution in [0.3, 0.4) is 0 Å². The Morgan fingerprint density at radius 3 is 2.61 bits per heavy atom. The van der Waals surface area contributed by atoms with Gasteiger partial charge in [0.25, 0.3) is 0 Å². The molecule has 0 radical (unpaired) electrons. The third-order valence-electron chi connectivity index (χ3n) is 3.82. The van der Waals surface area contributed by atoms with Crippen molar-refractivity contribution in [3.05, 3.63) is 59.0 Å². The summed E-state index contributed by atoms with van der Waals surface area (Å²) in [5.41, 5.74) is 2.09. The van der Waals surface area contributed by atoms with Crippen molar-refractivity contribution >= 4 is 16.6 Å². The smallest absolute Gasteiger partial charge is 0.222 e. The van der Waals surface area contributed by atoms with Crippen LogP contribution in [0.2, 0.25) is 0 Å². The van der Waals surface area contributed by atoms with Gasteiger partial charge in [0, 0.05) is 11.9 Å². The normalized spacial score (nSPS) is 10.8. The fourth-order valence-corrected chi connectivity index (χ4v) is 2.64. The van der Waals surface area contributed by atoms with Crippen molar-refractivity contribution in [2.24, 2.45) is 5.18 Å². The van der Waals surface area contributed by atoms with Crippen LogP contribution < -0.4 is 4.74 Å². The van der Waals surface area contributed by atoms with E-state index in [1.807, 2.05) is 49.4 Å². The lowest BCUT2D eigenvalue weighted by Gasteiger charge is -2.09. The zero-order valence-corrected chi connectivity index (χ0v) is 12.9. The Morgan fingerprint density at radius 2 is 1.87 bits per heavy atom. The van der Waals surface area contributed by atoms with Crippen LogP contribution in [-0.2, 0) is 6.54 Å². The van der Waals surface area contributed by atoms with Gasteiger partial charge in [-0.3, -0.25) is 0 Å². The quantitative estimate of drug-likeness (QED) is 0.537. The molecule has 2 aromatic carbocycles. The number of nitroso groups, excluding NO2 is 1. The summed E-state index contributed by atoms with van der Waals surface area (Å²) in [7, 11) is 0. The number of ether oxygens (including phenoxy) is 1. The van der Waals surface area contributed by atoms with E-state index in [9.17, 15) is 10.0 Å². The first-order valence-corrected chi connectivity index (χ1v) is 7.53. The van der Waals surface area contributed by atoms with E-state index in [-0.39, 0.29) is 11.6 Å². The second kappa shape index (κ2) is 6.52. The molecule has 5 heteroatoms. The fraction of sp³-hybridized carbons (Fsp3) is 0.222. The summed E-state index contributed by atoms with van der Waals surface area (Å²) in [6.45, 7) is 3.11. The van der Waals surface area contributed by atoms with E-state index in [0.29, 0.717) is 25.0 Å². The Bertz CT molecular complexity index is 822. The first kappa shape index (κ1) is 15.1. The maximum atomic E-state index is 10.9. The summed E-state index contributed by atoms with van der Waals surface area (Å²) < 4.78 is 7.39. The van der Waals surface area contributed by atoms with Crippen LogP contribution in [0.15, 0.2) is 53.7 Å². The maximum absolute atomic E-state index is 10.9. The molecule has 0 amide bonds. The Kier molecular flexibility index (Phi) is 4.28. The van der Waals surface area contributed by atoms with E-state index in [1.54, 1.807) is 10.6 Å². The fourth-order valence-electron chi connectivity index (χ4n) is 2.64. The van der Waals surface area contributed by atoms with Gasteiger partial charge in [-0.2, -0.15) is 0 Å². The van der Waals surface area contributed by atoms with E-state index in [4.69, 9.17) is 4.74 Å². The van der Waals surface area contributed by atoms with Crippen LogP contribution in [0.4, 0.5) is 5.69 Å². The lowest BCUT2D eigenvalue weighted by atomic mass is 10.2. The minimum atomic E-state index is -0.0865. The lowest BCUT2D eigenvalue weighted by molar-refractivity contribution is 0.298. The summed E-state index contributed by atoms with van der Waals surface area (Å²) >= 11 is 0. The van der Waals surface area contributed by atoms with Crippen molar-refractivity contribution in [1.82, 2.24) is 4.57 Å². The summed E-state index contributed by atoms with van der Waals surface area (Å²) in [6, 6.07) is 15.2. The van der Waals surface area contributed by atoms with Crippen LogP contribution >= 0.6 is 0 Å². The summed E-state index contributed by atoms with van der Waals surface area (Å²) in [5, 5.41) is 13.8. The molecule has 3 rings (SSSR count). The van der Waals surface area contributed by atoms with Crippen molar-refractivity contribution < 1.29 is 9.84 Å².